The maximum Gasteiger partial charge on any atom is 0.273 e. The summed E-state index contributed by atoms with van der Waals surface area (Å²) in [5.74, 6) is -0.585. The molecule has 0 radical (unpaired) electrons. The van der Waals surface area contributed by atoms with E-state index in [1.54, 1.807) is 0 Å². The highest BCUT2D eigenvalue weighted by atomic mass is 16.6. The summed E-state index contributed by atoms with van der Waals surface area (Å²) in [6.45, 7) is -0.449. The topological polar surface area (TPSA) is 125 Å². The van der Waals surface area contributed by atoms with Gasteiger partial charge in [-0.15, -0.1) is 0 Å². The van der Waals surface area contributed by atoms with Gasteiger partial charge >= 0.3 is 0 Å². The lowest BCUT2D eigenvalue weighted by Gasteiger charge is -2.15. The van der Waals surface area contributed by atoms with Crippen molar-refractivity contribution in [1.29, 1.82) is 0 Å². The number of rotatable bonds is 3. The van der Waals surface area contributed by atoms with Crippen LogP contribution < -0.4 is 5.32 Å². The van der Waals surface area contributed by atoms with E-state index >= 15 is 0 Å². The molecule has 8 heteroatoms. The molecule has 1 aromatic heterocycles. The van der Waals surface area contributed by atoms with E-state index in [0.717, 1.165) is 0 Å². The zero-order valence-electron chi connectivity index (χ0n) is 9.30. The molecule has 0 saturated carbocycles. The number of amides is 1. The van der Waals surface area contributed by atoms with Crippen LogP contribution in [0.4, 0.5) is 0 Å². The lowest BCUT2D eigenvalue weighted by molar-refractivity contribution is -0.0305. The second-order valence-electron chi connectivity index (χ2n) is 3.82. The summed E-state index contributed by atoms with van der Waals surface area (Å²) in [5.41, 5.74) is 0.0650. The molecule has 1 aliphatic rings. The first kappa shape index (κ1) is 12.8. The average Bonchev–Trinajstić information content (AvgIpc) is 2.67. The molecule has 1 aliphatic heterocycles. The first-order chi connectivity index (χ1) is 8.63. The van der Waals surface area contributed by atoms with Crippen LogP contribution in [0.25, 0.3) is 0 Å². The Kier molecular flexibility index (Phi) is 3.82. The van der Waals surface area contributed by atoms with Gasteiger partial charge in [-0.2, -0.15) is 0 Å². The van der Waals surface area contributed by atoms with Crippen molar-refractivity contribution in [2.75, 3.05) is 6.61 Å². The van der Waals surface area contributed by atoms with Crippen LogP contribution in [-0.2, 0) is 4.74 Å². The minimum absolute atomic E-state index is 0.0650. The van der Waals surface area contributed by atoms with Gasteiger partial charge in [0, 0.05) is 12.4 Å². The van der Waals surface area contributed by atoms with Crippen molar-refractivity contribution in [3.8, 4) is 0 Å². The third-order valence-electron chi connectivity index (χ3n) is 2.61. The lowest BCUT2D eigenvalue weighted by atomic mass is 10.1. The number of nitrogens with zero attached hydrogens (tertiary/aromatic N) is 2. The quantitative estimate of drug-likeness (QED) is 0.476. The second-order valence-corrected chi connectivity index (χ2v) is 3.82. The van der Waals surface area contributed by atoms with E-state index in [4.69, 9.17) is 9.84 Å². The molecule has 0 aromatic carbocycles. The molecular weight excluding hydrogens is 242 g/mol. The average molecular weight is 255 g/mol. The normalized spacial score (nSPS) is 31.3. The number of carbonyl (C=O) groups is 1. The number of nitrogens with one attached hydrogen (secondary N) is 1. The molecule has 8 nitrogen and oxygen atoms in total. The fraction of sp³-hybridized carbons (Fsp3) is 0.500. The smallest absolute Gasteiger partial charge is 0.273 e. The van der Waals surface area contributed by atoms with Gasteiger partial charge in [-0.05, 0) is 0 Å². The minimum atomic E-state index is -1.30. The number of aromatic nitrogens is 2. The van der Waals surface area contributed by atoms with Crippen LogP contribution in [0.15, 0.2) is 18.6 Å². The zero-order valence-corrected chi connectivity index (χ0v) is 9.30. The Labute approximate surface area is 102 Å². The van der Waals surface area contributed by atoms with Gasteiger partial charge in [0.2, 0.25) is 0 Å². The highest BCUT2D eigenvalue weighted by Gasteiger charge is 2.43. The molecule has 2 heterocycles. The van der Waals surface area contributed by atoms with E-state index in [1.807, 2.05) is 0 Å². The first-order valence-electron chi connectivity index (χ1n) is 5.33. The summed E-state index contributed by atoms with van der Waals surface area (Å²) in [4.78, 5) is 19.2. The van der Waals surface area contributed by atoms with E-state index in [0.29, 0.717) is 0 Å². The molecule has 4 atom stereocenters. The number of aliphatic hydroxyl groups excluding tert-OH is 3. The third kappa shape index (κ3) is 2.46. The van der Waals surface area contributed by atoms with E-state index in [2.05, 4.69) is 15.3 Å². The van der Waals surface area contributed by atoms with Crippen LogP contribution in [-0.4, -0.2) is 62.3 Å². The Balaban J connectivity index is 2.00. The predicted molar refractivity (Wildman–Crippen MR) is 57.3 cm³/mol. The van der Waals surface area contributed by atoms with Gasteiger partial charge in [-0.1, -0.05) is 0 Å². The lowest BCUT2D eigenvalue weighted by Crippen LogP contribution is -2.44. The van der Waals surface area contributed by atoms with Crippen molar-refractivity contribution in [2.24, 2.45) is 0 Å². The van der Waals surface area contributed by atoms with E-state index in [1.165, 1.54) is 18.6 Å². The summed E-state index contributed by atoms with van der Waals surface area (Å²) in [5, 5.41) is 30.4. The second kappa shape index (κ2) is 5.36. The molecule has 1 amide bonds. The fourth-order valence-corrected chi connectivity index (χ4v) is 1.64. The standard InChI is InChI=1S/C10H13N3O5/c14-4-6-7(15)8(16)10(18-6)13-9(17)5-3-11-1-2-12-5/h1-3,6-8,10,14-16H,4H2,(H,13,17)/t6-,7-,8-,10?/m1/s1. The van der Waals surface area contributed by atoms with Gasteiger partial charge in [-0.25, -0.2) is 4.98 Å². The Morgan fingerprint density at radius 3 is 2.72 bits per heavy atom. The summed E-state index contributed by atoms with van der Waals surface area (Å²) in [6, 6.07) is 0. The Bertz CT molecular complexity index is 415. The molecule has 0 bridgehead atoms. The minimum Gasteiger partial charge on any atom is -0.394 e. The monoisotopic (exact) mass is 255 g/mol. The van der Waals surface area contributed by atoms with Crippen molar-refractivity contribution in [1.82, 2.24) is 15.3 Å². The van der Waals surface area contributed by atoms with E-state index in [-0.39, 0.29) is 5.69 Å². The highest BCUT2D eigenvalue weighted by molar-refractivity contribution is 5.92. The number of ether oxygens (including phenoxy) is 1. The zero-order chi connectivity index (χ0) is 13.1. The van der Waals surface area contributed by atoms with Gasteiger partial charge in [0.25, 0.3) is 5.91 Å². The van der Waals surface area contributed by atoms with Crippen LogP contribution in [0.2, 0.25) is 0 Å². The maximum atomic E-state index is 11.7. The molecule has 1 aromatic rings. The number of hydrogen-bond donors (Lipinski definition) is 4. The van der Waals surface area contributed by atoms with E-state index in [9.17, 15) is 15.0 Å². The molecule has 98 valence electrons. The maximum absolute atomic E-state index is 11.7. The fourth-order valence-electron chi connectivity index (χ4n) is 1.64. The van der Waals surface area contributed by atoms with Crippen LogP contribution in [0.1, 0.15) is 10.5 Å². The van der Waals surface area contributed by atoms with Gasteiger partial charge < -0.3 is 25.4 Å². The summed E-state index contributed by atoms with van der Waals surface area (Å²) >= 11 is 0. The van der Waals surface area contributed by atoms with Crippen molar-refractivity contribution in [2.45, 2.75) is 24.5 Å². The van der Waals surface area contributed by atoms with Crippen molar-refractivity contribution in [3.05, 3.63) is 24.3 Å². The molecule has 2 rings (SSSR count). The number of aliphatic hydroxyl groups is 3. The van der Waals surface area contributed by atoms with Crippen molar-refractivity contribution < 1.29 is 24.9 Å². The summed E-state index contributed by atoms with van der Waals surface area (Å²) < 4.78 is 5.10. The third-order valence-corrected chi connectivity index (χ3v) is 2.61. The molecule has 0 aliphatic carbocycles. The van der Waals surface area contributed by atoms with Crippen LogP contribution in [0.3, 0.4) is 0 Å². The molecule has 1 fully saturated rings. The molecule has 1 unspecified atom stereocenters. The predicted octanol–water partition coefficient (Wildman–Crippen LogP) is -2.35. The van der Waals surface area contributed by atoms with Crippen LogP contribution in [0, 0.1) is 0 Å². The Morgan fingerprint density at radius 2 is 2.17 bits per heavy atom. The molecule has 0 spiro atoms. The van der Waals surface area contributed by atoms with Crippen LogP contribution >= 0.6 is 0 Å². The van der Waals surface area contributed by atoms with E-state index < -0.39 is 37.1 Å². The van der Waals surface area contributed by atoms with Crippen molar-refractivity contribution >= 4 is 5.91 Å². The largest absolute Gasteiger partial charge is 0.394 e. The molecular formula is C10H13N3O5. The van der Waals surface area contributed by atoms with Gasteiger partial charge in [-0.3, -0.25) is 9.78 Å². The summed E-state index contributed by atoms with van der Waals surface area (Å²) in [7, 11) is 0. The Hall–Kier alpha value is -1.61. The Morgan fingerprint density at radius 1 is 1.39 bits per heavy atom. The van der Waals surface area contributed by atoms with Gasteiger partial charge in [0.1, 0.15) is 24.0 Å². The van der Waals surface area contributed by atoms with Gasteiger partial charge in [0.05, 0.1) is 12.8 Å². The van der Waals surface area contributed by atoms with Crippen molar-refractivity contribution in [3.63, 3.8) is 0 Å². The molecule has 18 heavy (non-hydrogen) atoms. The number of hydrogen-bond acceptors (Lipinski definition) is 7. The van der Waals surface area contributed by atoms with Gasteiger partial charge in [0.15, 0.2) is 6.23 Å². The van der Waals surface area contributed by atoms with Crippen LogP contribution in [0.5, 0.6) is 0 Å². The first-order valence-corrected chi connectivity index (χ1v) is 5.33. The summed E-state index contributed by atoms with van der Waals surface area (Å²) in [6.07, 6.45) is -0.532. The molecule has 1 saturated heterocycles. The molecule has 4 N–H and O–H groups in total. The number of carbonyl (C=O) groups excluding carboxylic acids is 1. The SMILES string of the molecule is O=C(NC1O[C@H](CO)[C@@H](O)[C@H]1O)c1cnccn1. The highest BCUT2D eigenvalue weighted by Crippen LogP contribution is 2.19.